The molecule has 1 aromatic heterocycles. The van der Waals surface area contributed by atoms with Gasteiger partial charge < -0.3 is 10.4 Å². The van der Waals surface area contributed by atoms with Crippen LogP contribution in [-0.2, 0) is 15.6 Å². The minimum atomic E-state index is -0.791. The SMILES string of the molecule is O=C(O)CC(NC1CCS(=O)CC1)c1cccs1. The fraction of sp³-hybridized carbons (Fsp3) is 0.583. The van der Waals surface area contributed by atoms with E-state index in [9.17, 15) is 9.00 Å². The number of thiophene rings is 1. The molecule has 0 aliphatic carbocycles. The van der Waals surface area contributed by atoms with Gasteiger partial charge in [0, 0.05) is 33.2 Å². The number of carbonyl (C=O) groups is 1. The van der Waals surface area contributed by atoms with E-state index in [1.165, 1.54) is 0 Å². The molecule has 1 aliphatic heterocycles. The van der Waals surface area contributed by atoms with Crippen LogP contribution in [-0.4, -0.2) is 32.8 Å². The van der Waals surface area contributed by atoms with E-state index in [0.29, 0.717) is 0 Å². The zero-order valence-electron chi connectivity index (χ0n) is 10.0. The Morgan fingerprint density at radius 3 is 2.83 bits per heavy atom. The van der Waals surface area contributed by atoms with Crippen LogP contribution in [0.5, 0.6) is 0 Å². The summed E-state index contributed by atoms with van der Waals surface area (Å²) in [5, 5.41) is 14.3. The lowest BCUT2D eigenvalue weighted by atomic mass is 10.1. The first-order valence-electron chi connectivity index (χ1n) is 6.01. The first kappa shape index (κ1) is 13.7. The number of rotatable bonds is 5. The highest BCUT2D eigenvalue weighted by molar-refractivity contribution is 7.85. The maximum Gasteiger partial charge on any atom is 0.305 e. The van der Waals surface area contributed by atoms with Crippen LogP contribution in [0.25, 0.3) is 0 Å². The Kier molecular flexibility index (Phi) is 4.91. The summed E-state index contributed by atoms with van der Waals surface area (Å²) >= 11 is 1.58. The van der Waals surface area contributed by atoms with Crippen LogP contribution in [0, 0.1) is 0 Å². The average Bonchev–Trinajstić information content (AvgIpc) is 2.84. The third kappa shape index (κ3) is 3.90. The van der Waals surface area contributed by atoms with Crippen LogP contribution >= 0.6 is 11.3 Å². The molecule has 1 saturated heterocycles. The molecule has 2 N–H and O–H groups in total. The summed E-state index contributed by atoms with van der Waals surface area (Å²) in [6.45, 7) is 0. The third-order valence-corrected chi connectivity index (χ3v) is 5.46. The van der Waals surface area contributed by atoms with Crippen molar-refractivity contribution in [3.05, 3.63) is 22.4 Å². The van der Waals surface area contributed by atoms with Gasteiger partial charge in [0.2, 0.25) is 0 Å². The van der Waals surface area contributed by atoms with Crippen molar-refractivity contribution in [2.24, 2.45) is 0 Å². The fourth-order valence-corrected chi connectivity index (χ4v) is 4.24. The van der Waals surface area contributed by atoms with Crippen LogP contribution < -0.4 is 5.32 Å². The maximum atomic E-state index is 11.3. The van der Waals surface area contributed by atoms with E-state index < -0.39 is 16.8 Å². The fourth-order valence-electron chi connectivity index (χ4n) is 2.15. The lowest BCUT2D eigenvalue weighted by molar-refractivity contribution is -0.137. The van der Waals surface area contributed by atoms with E-state index in [1.807, 2.05) is 17.5 Å². The quantitative estimate of drug-likeness (QED) is 0.866. The number of nitrogens with one attached hydrogen (secondary N) is 1. The van der Waals surface area contributed by atoms with E-state index in [-0.39, 0.29) is 18.5 Å². The number of carboxylic acids is 1. The van der Waals surface area contributed by atoms with Crippen LogP contribution in [0.4, 0.5) is 0 Å². The van der Waals surface area contributed by atoms with E-state index in [1.54, 1.807) is 11.3 Å². The normalized spacial score (nSPS) is 25.8. The molecule has 0 bridgehead atoms. The Bertz CT molecular complexity index is 409. The number of carboxylic acid groups (broad SMARTS) is 1. The lowest BCUT2D eigenvalue weighted by Gasteiger charge is -2.27. The van der Waals surface area contributed by atoms with Crippen LogP contribution in [0.2, 0.25) is 0 Å². The van der Waals surface area contributed by atoms with Crippen molar-refractivity contribution in [3.8, 4) is 0 Å². The molecule has 1 aromatic rings. The second kappa shape index (κ2) is 6.45. The summed E-state index contributed by atoms with van der Waals surface area (Å²) in [5.74, 6) is 0.657. The van der Waals surface area contributed by atoms with Crippen LogP contribution in [0.15, 0.2) is 17.5 Å². The zero-order valence-corrected chi connectivity index (χ0v) is 11.6. The number of aliphatic carboxylic acids is 1. The van der Waals surface area contributed by atoms with Crippen molar-refractivity contribution in [3.63, 3.8) is 0 Å². The summed E-state index contributed by atoms with van der Waals surface area (Å²) < 4.78 is 11.3. The second-order valence-corrected chi connectivity index (χ2v) is 7.13. The van der Waals surface area contributed by atoms with Crippen LogP contribution in [0.3, 0.4) is 0 Å². The summed E-state index contributed by atoms with van der Waals surface area (Å²) in [4.78, 5) is 12.0. The van der Waals surface area contributed by atoms with Gasteiger partial charge in [-0.25, -0.2) is 0 Å². The molecule has 0 amide bonds. The maximum absolute atomic E-state index is 11.3. The molecule has 6 heteroatoms. The molecule has 2 heterocycles. The molecule has 1 aliphatic rings. The Morgan fingerprint density at radius 2 is 2.28 bits per heavy atom. The first-order valence-corrected chi connectivity index (χ1v) is 8.38. The summed E-state index contributed by atoms with van der Waals surface area (Å²) in [7, 11) is -0.677. The van der Waals surface area contributed by atoms with E-state index in [2.05, 4.69) is 5.32 Å². The largest absolute Gasteiger partial charge is 0.481 e. The van der Waals surface area contributed by atoms with Gasteiger partial charge in [-0.1, -0.05) is 6.07 Å². The van der Waals surface area contributed by atoms with Gasteiger partial charge in [0.05, 0.1) is 12.5 Å². The highest BCUT2D eigenvalue weighted by Gasteiger charge is 2.23. The summed E-state index contributed by atoms with van der Waals surface area (Å²) in [5.41, 5.74) is 0. The van der Waals surface area contributed by atoms with Crippen LogP contribution in [0.1, 0.15) is 30.2 Å². The zero-order chi connectivity index (χ0) is 13.0. The first-order chi connectivity index (χ1) is 8.65. The number of hydrogen-bond donors (Lipinski definition) is 2. The monoisotopic (exact) mass is 287 g/mol. The van der Waals surface area contributed by atoms with Gasteiger partial charge in [0.25, 0.3) is 0 Å². The van der Waals surface area contributed by atoms with Gasteiger partial charge in [0.15, 0.2) is 0 Å². The van der Waals surface area contributed by atoms with Crippen molar-refractivity contribution >= 4 is 28.1 Å². The van der Waals surface area contributed by atoms with Crippen molar-refractivity contribution in [2.45, 2.75) is 31.3 Å². The van der Waals surface area contributed by atoms with Crippen molar-refractivity contribution < 1.29 is 14.1 Å². The molecular weight excluding hydrogens is 270 g/mol. The van der Waals surface area contributed by atoms with Crippen molar-refractivity contribution in [2.75, 3.05) is 11.5 Å². The Morgan fingerprint density at radius 1 is 1.56 bits per heavy atom. The molecule has 4 nitrogen and oxygen atoms in total. The Balaban J connectivity index is 1.97. The highest BCUT2D eigenvalue weighted by Crippen LogP contribution is 2.24. The highest BCUT2D eigenvalue weighted by atomic mass is 32.2. The molecule has 18 heavy (non-hydrogen) atoms. The predicted octanol–water partition coefficient (Wildman–Crippen LogP) is 1.76. The predicted molar refractivity (Wildman–Crippen MR) is 73.3 cm³/mol. The molecule has 0 radical (unpaired) electrons. The van der Waals surface area contributed by atoms with Gasteiger partial charge in [-0.15, -0.1) is 11.3 Å². The second-order valence-electron chi connectivity index (χ2n) is 4.45. The summed E-state index contributed by atoms with van der Waals surface area (Å²) in [6, 6.07) is 4.06. The third-order valence-electron chi connectivity index (χ3n) is 3.09. The molecule has 2 rings (SSSR count). The van der Waals surface area contributed by atoms with E-state index in [4.69, 9.17) is 5.11 Å². The van der Waals surface area contributed by atoms with E-state index in [0.717, 1.165) is 29.2 Å². The van der Waals surface area contributed by atoms with Gasteiger partial charge >= 0.3 is 5.97 Å². The van der Waals surface area contributed by atoms with E-state index >= 15 is 0 Å². The summed E-state index contributed by atoms with van der Waals surface area (Å²) in [6.07, 6.45) is 1.84. The van der Waals surface area contributed by atoms with Crippen molar-refractivity contribution in [1.29, 1.82) is 0 Å². The van der Waals surface area contributed by atoms with Crippen molar-refractivity contribution in [1.82, 2.24) is 5.32 Å². The Hall–Kier alpha value is -0.720. The smallest absolute Gasteiger partial charge is 0.305 e. The molecule has 100 valence electrons. The molecule has 1 atom stereocenters. The van der Waals surface area contributed by atoms with Gasteiger partial charge in [-0.3, -0.25) is 9.00 Å². The standard InChI is InChI=1S/C12H17NO3S2/c14-12(15)8-10(11-2-1-5-17-11)13-9-3-6-18(16)7-4-9/h1-2,5,9-10,13H,3-4,6-8H2,(H,14,15). The average molecular weight is 287 g/mol. The molecule has 0 aromatic carbocycles. The topological polar surface area (TPSA) is 66.4 Å². The van der Waals surface area contributed by atoms with Gasteiger partial charge in [0.1, 0.15) is 0 Å². The molecule has 1 fully saturated rings. The molecule has 1 unspecified atom stereocenters. The molecule has 0 spiro atoms. The Labute approximate surface area is 113 Å². The minimum Gasteiger partial charge on any atom is -0.481 e. The van der Waals surface area contributed by atoms with Gasteiger partial charge in [-0.05, 0) is 24.3 Å². The molecule has 0 saturated carbocycles. The van der Waals surface area contributed by atoms with Gasteiger partial charge in [-0.2, -0.15) is 0 Å². The number of hydrogen-bond acceptors (Lipinski definition) is 4. The lowest BCUT2D eigenvalue weighted by Crippen LogP contribution is -2.38. The molecular formula is C12H17NO3S2. The minimum absolute atomic E-state index is 0.0973.